The van der Waals surface area contributed by atoms with E-state index in [1.165, 1.54) is 29.5 Å². The van der Waals surface area contributed by atoms with Crippen LogP contribution in [-0.4, -0.2) is 50.4 Å². The van der Waals surface area contributed by atoms with Gasteiger partial charge in [0.25, 0.3) is 0 Å². The van der Waals surface area contributed by atoms with Gasteiger partial charge in [-0.3, -0.25) is 4.99 Å². The summed E-state index contributed by atoms with van der Waals surface area (Å²) in [5.74, 6) is -0.237. The van der Waals surface area contributed by atoms with Gasteiger partial charge in [0.1, 0.15) is 18.5 Å². The van der Waals surface area contributed by atoms with Crippen LogP contribution in [0, 0.1) is 5.82 Å². The van der Waals surface area contributed by atoms with Crippen molar-refractivity contribution < 1.29 is 27.1 Å². The first-order chi connectivity index (χ1) is 20.7. The number of carbonyl (C=O) groups excluding carboxylic acids is 1. The molecule has 1 amide bonds. The number of fused-ring (bicyclic) bond motifs is 1. The number of nitrogens with one attached hydrogen (secondary N) is 1. The van der Waals surface area contributed by atoms with Crippen LogP contribution in [-0.2, 0) is 11.3 Å². The summed E-state index contributed by atoms with van der Waals surface area (Å²) in [5.41, 5.74) is 0.0266. The maximum Gasteiger partial charge on any atom is 0.407 e. The van der Waals surface area contributed by atoms with Crippen LogP contribution >= 0.6 is 22.9 Å². The number of allylic oxidation sites excluding steroid dienone is 1. The van der Waals surface area contributed by atoms with Gasteiger partial charge in [-0.1, -0.05) is 48.0 Å². The molecule has 4 heterocycles. The topological polar surface area (TPSA) is 84.6 Å². The molecule has 2 aromatic carbocycles. The van der Waals surface area contributed by atoms with Crippen molar-refractivity contribution in [3.05, 3.63) is 111 Å². The van der Waals surface area contributed by atoms with E-state index in [4.69, 9.17) is 21.3 Å². The van der Waals surface area contributed by atoms with Gasteiger partial charge in [-0.05, 0) is 23.8 Å². The first-order valence-corrected chi connectivity index (χ1v) is 14.4. The summed E-state index contributed by atoms with van der Waals surface area (Å²) in [7, 11) is 0. The number of benzene rings is 2. The van der Waals surface area contributed by atoms with E-state index in [1.807, 2.05) is 18.2 Å². The summed E-state index contributed by atoms with van der Waals surface area (Å²) in [6.07, 6.45) is 1.68. The molecular weight excluding hydrogens is 608 g/mol. The van der Waals surface area contributed by atoms with Crippen LogP contribution in [0.25, 0.3) is 5.57 Å². The maximum absolute atomic E-state index is 16.6. The van der Waals surface area contributed by atoms with Crippen molar-refractivity contribution in [2.24, 2.45) is 4.99 Å². The number of aliphatic imine (C=N–C) groups is 1. The Morgan fingerprint density at radius 1 is 1.21 bits per heavy atom. The highest BCUT2D eigenvalue weighted by molar-refractivity contribution is 7.11. The summed E-state index contributed by atoms with van der Waals surface area (Å²) < 4.78 is 63.4. The lowest BCUT2D eigenvalue weighted by Gasteiger charge is -2.32. The van der Waals surface area contributed by atoms with Crippen LogP contribution in [0.15, 0.2) is 83.1 Å². The third-order valence-corrected chi connectivity index (χ3v) is 8.17. The molecule has 222 valence electrons. The number of thiazole rings is 1. The van der Waals surface area contributed by atoms with Crippen LogP contribution < -0.4 is 5.32 Å². The van der Waals surface area contributed by atoms with E-state index in [9.17, 15) is 18.0 Å². The predicted octanol–water partition coefficient (Wildman–Crippen LogP) is 6.78. The summed E-state index contributed by atoms with van der Waals surface area (Å²) in [5, 5.41) is 8.84. The molecule has 0 unspecified atom stereocenters. The molecule has 1 fully saturated rings. The lowest BCUT2D eigenvalue weighted by Crippen LogP contribution is -2.43. The fraction of sp³-hybridized carbons (Fsp3) is 0.241. The van der Waals surface area contributed by atoms with Crippen molar-refractivity contribution >= 4 is 40.4 Å². The number of carbonyl (C=O) groups is 1. The van der Waals surface area contributed by atoms with E-state index >= 15 is 4.39 Å². The first-order valence-electron chi connectivity index (χ1n) is 13.1. The van der Waals surface area contributed by atoms with Gasteiger partial charge in [0.05, 0.1) is 18.8 Å². The molecule has 6 rings (SSSR count). The molecule has 2 aliphatic rings. The third-order valence-electron chi connectivity index (χ3n) is 7.07. The molecule has 4 aromatic rings. The monoisotopic (exact) mass is 630 g/mol. The van der Waals surface area contributed by atoms with Crippen molar-refractivity contribution in [3.63, 3.8) is 0 Å². The van der Waals surface area contributed by atoms with Gasteiger partial charge in [0.2, 0.25) is 0 Å². The Morgan fingerprint density at radius 2 is 2.02 bits per heavy atom. The number of halogens is 5. The van der Waals surface area contributed by atoms with Crippen molar-refractivity contribution in [1.29, 1.82) is 0 Å². The zero-order valence-electron chi connectivity index (χ0n) is 22.3. The second-order valence-electron chi connectivity index (χ2n) is 10.0. The molecule has 43 heavy (non-hydrogen) atoms. The van der Waals surface area contributed by atoms with E-state index in [-0.39, 0.29) is 30.3 Å². The molecule has 2 aromatic heterocycles. The average molecular weight is 631 g/mol. The quantitative estimate of drug-likeness (QED) is 0.217. The number of alkyl halides is 3. The number of hydrogen-bond acceptors (Lipinski definition) is 7. The van der Waals surface area contributed by atoms with E-state index in [2.05, 4.69) is 15.4 Å². The van der Waals surface area contributed by atoms with E-state index < -0.39 is 36.7 Å². The smallest absolute Gasteiger partial charge is 0.407 e. The fourth-order valence-electron chi connectivity index (χ4n) is 5.14. The molecule has 1 saturated heterocycles. The van der Waals surface area contributed by atoms with E-state index in [0.717, 1.165) is 17.8 Å². The SMILES string of the molecule is O=C(NC[C@@]1(F)CC2=C(c3ccn(C(F)F)n3)[C@H](c3ccc(F)cc3Cl)N=C(c3nccs3)N2C1)OCc1ccccc1. The van der Waals surface area contributed by atoms with Crippen LogP contribution in [0.3, 0.4) is 0 Å². The minimum Gasteiger partial charge on any atom is -0.445 e. The lowest BCUT2D eigenvalue weighted by atomic mass is 9.91. The van der Waals surface area contributed by atoms with E-state index in [1.54, 1.807) is 28.6 Å². The van der Waals surface area contributed by atoms with Gasteiger partial charge in [0, 0.05) is 46.1 Å². The molecule has 0 radical (unpaired) electrons. The van der Waals surface area contributed by atoms with Crippen molar-refractivity contribution in [3.8, 4) is 0 Å². The Morgan fingerprint density at radius 3 is 2.72 bits per heavy atom. The number of alkyl carbamates (subject to hydrolysis) is 1. The van der Waals surface area contributed by atoms with Gasteiger partial charge in [0.15, 0.2) is 16.5 Å². The van der Waals surface area contributed by atoms with Crippen molar-refractivity contribution in [1.82, 2.24) is 25.0 Å². The summed E-state index contributed by atoms with van der Waals surface area (Å²) in [4.78, 5) is 23.3. The molecule has 2 atom stereocenters. The van der Waals surface area contributed by atoms with Crippen LogP contribution in [0.5, 0.6) is 0 Å². The molecule has 14 heteroatoms. The Bertz CT molecular complexity index is 1700. The summed E-state index contributed by atoms with van der Waals surface area (Å²) in [6, 6.07) is 13.3. The molecule has 8 nitrogen and oxygen atoms in total. The molecule has 0 bridgehead atoms. The number of hydrogen-bond donors (Lipinski definition) is 1. The standard InChI is InChI=1S/C29H23ClF4N6O2S/c30-20-12-18(31)6-7-19(20)24-23(21-8-10-40(38-21)27(32)33)22-13-29(34,16-39(22)25(37-24)26-35-9-11-43-26)15-36-28(41)42-14-17-4-2-1-3-5-17/h1-12,24,27H,13-16H2,(H,36,41)/t24-,29-/m0/s1. The molecule has 0 saturated carbocycles. The Labute approximate surface area is 252 Å². The highest BCUT2D eigenvalue weighted by Crippen LogP contribution is 2.48. The van der Waals surface area contributed by atoms with E-state index in [0.29, 0.717) is 32.4 Å². The normalized spacial score (nSPS) is 19.9. The minimum absolute atomic E-state index is 0.0150. The Kier molecular flexibility index (Phi) is 7.93. The third kappa shape index (κ3) is 6.00. The zero-order chi connectivity index (χ0) is 30.1. The molecule has 1 N–H and O–H groups in total. The van der Waals surface area contributed by atoms with Crippen LogP contribution in [0.4, 0.5) is 22.4 Å². The lowest BCUT2D eigenvalue weighted by molar-refractivity contribution is 0.0564. The second kappa shape index (κ2) is 11.8. The molecule has 2 aliphatic heterocycles. The number of aromatic nitrogens is 3. The average Bonchev–Trinajstić information content (AvgIpc) is 3.76. The highest BCUT2D eigenvalue weighted by atomic mass is 35.5. The number of amides is 1. The van der Waals surface area contributed by atoms with Gasteiger partial charge < -0.3 is 15.0 Å². The zero-order valence-corrected chi connectivity index (χ0v) is 23.8. The van der Waals surface area contributed by atoms with Crippen LogP contribution in [0.1, 0.15) is 40.8 Å². The highest BCUT2D eigenvalue weighted by Gasteiger charge is 2.48. The Hall–Kier alpha value is -4.23. The first kappa shape index (κ1) is 28.9. The maximum atomic E-state index is 16.6. The van der Waals surface area contributed by atoms with Gasteiger partial charge in [-0.25, -0.2) is 23.2 Å². The number of amidine groups is 1. The summed E-state index contributed by atoms with van der Waals surface area (Å²) in [6.45, 7) is -3.51. The van der Waals surface area contributed by atoms with Crippen molar-refractivity contribution in [2.75, 3.05) is 13.1 Å². The van der Waals surface area contributed by atoms with Crippen LogP contribution in [0.2, 0.25) is 5.02 Å². The largest absolute Gasteiger partial charge is 0.445 e. The molecule has 0 aliphatic carbocycles. The fourth-order valence-corrected chi connectivity index (χ4v) is 6.05. The predicted molar refractivity (Wildman–Crippen MR) is 153 cm³/mol. The Balaban J connectivity index is 1.37. The number of ether oxygens (including phenoxy) is 1. The minimum atomic E-state index is -2.91. The second-order valence-corrected chi connectivity index (χ2v) is 11.3. The molecule has 0 spiro atoms. The van der Waals surface area contributed by atoms with Gasteiger partial charge in [-0.2, -0.15) is 13.9 Å². The number of nitrogens with zero attached hydrogens (tertiary/aromatic N) is 5. The van der Waals surface area contributed by atoms with Gasteiger partial charge in [-0.15, -0.1) is 11.3 Å². The van der Waals surface area contributed by atoms with Gasteiger partial charge >= 0.3 is 12.6 Å². The summed E-state index contributed by atoms with van der Waals surface area (Å²) >= 11 is 7.74. The molecular formula is C29H23ClF4N6O2S. The number of rotatable bonds is 8. The van der Waals surface area contributed by atoms with Crippen molar-refractivity contribution in [2.45, 2.75) is 31.3 Å².